The van der Waals surface area contributed by atoms with Crippen LogP contribution in [0.2, 0.25) is 0 Å². The predicted molar refractivity (Wildman–Crippen MR) is 66.9 cm³/mol. The van der Waals surface area contributed by atoms with E-state index in [1.807, 2.05) is 0 Å². The summed E-state index contributed by atoms with van der Waals surface area (Å²) in [6.07, 6.45) is 7.26. The average Bonchev–Trinajstić information content (AvgIpc) is 2.90. The second-order valence-electron chi connectivity index (χ2n) is 5.72. The highest BCUT2D eigenvalue weighted by molar-refractivity contribution is 4.90. The molecule has 2 aliphatic carbocycles. The van der Waals surface area contributed by atoms with Gasteiger partial charge < -0.3 is 14.6 Å². The molecule has 4 atom stereocenters. The fourth-order valence-corrected chi connectivity index (χ4v) is 3.60. The Labute approximate surface area is 104 Å². The maximum Gasteiger partial charge on any atom is 0.0700 e. The summed E-state index contributed by atoms with van der Waals surface area (Å²) in [6.45, 7) is 1.94. The molecule has 17 heavy (non-hydrogen) atoms. The molecule has 0 aromatic carbocycles. The maximum absolute atomic E-state index is 9.98. The smallest absolute Gasteiger partial charge is 0.0700 e. The number of hydrogen-bond acceptors (Lipinski definition) is 3. The minimum absolute atomic E-state index is 0.165. The van der Waals surface area contributed by atoms with Crippen LogP contribution < -0.4 is 0 Å². The number of ether oxygens (including phenoxy) is 2. The van der Waals surface area contributed by atoms with Crippen molar-refractivity contribution < 1.29 is 14.6 Å². The molecule has 2 bridgehead atoms. The van der Waals surface area contributed by atoms with Crippen LogP contribution in [0, 0.1) is 17.8 Å². The van der Waals surface area contributed by atoms with E-state index in [2.05, 4.69) is 0 Å². The van der Waals surface area contributed by atoms with Crippen LogP contribution in [0.3, 0.4) is 0 Å². The molecule has 2 rings (SSSR count). The molecule has 3 heteroatoms. The summed E-state index contributed by atoms with van der Waals surface area (Å²) in [7, 11) is 1.67. The fraction of sp³-hybridized carbons (Fsp3) is 1.00. The van der Waals surface area contributed by atoms with Gasteiger partial charge in [0.05, 0.1) is 19.3 Å². The van der Waals surface area contributed by atoms with Gasteiger partial charge in [-0.2, -0.15) is 0 Å². The minimum Gasteiger partial charge on any atom is -0.393 e. The molecule has 0 amide bonds. The Morgan fingerprint density at radius 3 is 2.71 bits per heavy atom. The number of rotatable bonds is 8. The van der Waals surface area contributed by atoms with Crippen molar-refractivity contribution in [1.82, 2.24) is 0 Å². The molecule has 2 fully saturated rings. The van der Waals surface area contributed by atoms with Gasteiger partial charge in [-0.15, -0.1) is 0 Å². The van der Waals surface area contributed by atoms with Crippen LogP contribution in [0.25, 0.3) is 0 Å². The minimum atomic E-state index is -0.165. The average molecular weight is 242 g/mol. The van der Waals surface area contributed by atoms with Crippen LogP contribution >= 0.6 is 0 Å². The van der Waals surface area contributed by atoms with Crippen LogP contribution in [0.1, 0.15) is 38.5 Å². The molecule has 0 spiro atoms. The van der Waals surface area contributed by atoms with Gasteiger partial charge in [0.1, 0.15) is 0 Å². The van der Waals surface area contributed by atoms with Crippen LogP contribution in [-0.2, 0) is 9.47 Å². The predicted octanol–water partition coefficient (Wildman–Crippen LogP) is 2.23. The standard InChI is InChI=1S/C14H26O3/c1-16-6-7-17-5-4-14(15)10-13-9-11-2-3-12(13)8-11/h11-15H,2-10H2,1H3. The summed E-state index contributed by atoms with van der Waals surface area (Å²) in [5.74, 6) is 2.70. The van der Waals surface area contributed by atoms with E-state index in [-0.39, 0.29) is 6.10 Å². The quantitative estimate of drug-likeness (QED) is 0.663. The van der Waals surface area contributed by atoms with Gasteiger partial charge >= 0.3 is 0 Å². The van der Waals surface area contributed by atoms with Crippen molar-refractivity contribution in [2.75, 3.05) is 26.9 Å². The zero-order valence-corrected chi connectivity index (χ0v) is 10.9. The zero-order chi connectivity index (χ0) is 12.1. The third-order valence-electron chi connectivity index (χ3n) is 4.49. The van der Waals surface area contributed by atoms with Gasteiger partial charge in [0.25, 0.3) is 0 Å². The lowest BCUT2D eigenvalue weighted by Gasteiger charge is -2.24. The molecule has 1 N–H and O–H groups in total. The lowest BCUT2D eigenvalue weighted by molar-refractivity contribution is 0.0391. The van der Waals surface area contributed by atoms with Crippen LogP contribution in [0.5, 0.6) is 0 Å². The Morgan fingerprint density at radius 2 is 2.06 bits per heavy atom. The highest BCUT2D eigenvalue weighted by Gasteiger charge is 2.39. The second-order valence-corrected chi connectivity index (χ2v) is 5.72. The Hall–Kier alpha value is -0.120. The Bertz CT molecular complexity index is 220. The van der Waals surface area contributed by atoms with Gasteiger partial charge in [-0.25, -0.2) is 0 Å². The van der Waals surface area contributed by atoms with Crippen molar-refractivity contribution in [2.24, 2.45) is 17.8 Å². The summed E-state index contributed by atoms with van der Waals surface area (Å²) in [4.78, 5) is 0. The largest absolute Gasteiger partial charge is 0.393 e. The van der Waals surface area contributed by atoms with E-state index in [1.165, 1.54) is 25.7 Å². The van der Waals surface area contributed by atoms with E-state index in [4.69, 9.17) is 9.47 Å². The van der Waals surface area contributed by atoms with Gasteiger partial charge in [-0.05, 0) is 49.9 Å². The molecule has 2 aliphatic rings. The van der Waals surface area contributed by atoms with E-state index in [0.29, 0.717) is 19.8 Å². The van der Waals surface area contributed by atoms with Gasteiger partial charge in [-0.1, -0.05) is 6.42 Å². The van der Waals surface area contributed by atoms with Crippen molar-refractivity contribution >= 4 is 0 Å². The van der Waals surface area contributed by atoms with E-state index in [9.17, 15) is 5.11 Å². The van der Waals surface area contributed by atoms with Gasteiger partial charge in [-0.3, -0.25) is 0 Å². The van der Waals surface area contributed by atoms with E-state index in [0.717, 1.165) is 30.6 Å². The maximum atomic E-state index is 9.98. The molecule has 0 aliphatic heterocycles. The molecule has 0 aromatic rings. The molecule has 100 valence electrons. The highest BCUT2D eigenvalue weighted by atomic mass is 16.5. The Morgan fingerprint density at radius 1 is 1.18 bits per heavy atom. The number of fused-ring (bicyclic) bond motifs is 2. The first-order valence-corrected chi connectivity index (χ1v) is 7.04. The highest BCUT2D eigenvalue weighted by Crippen LogP contribution is 2.49. The summed E-state index contributed by atoms with van der Waals surface area (Å²) < 4.78 is 10.3. The molecule has 3 nitrogen and oxygen atoms in total. The van der Waals surface area contributed by atoms with Crippen molar-refractivity contribution in [2.45, 2.75) is 44.6 Å². The van der Waals surface area contributed by atoms with Crippen LogP contribution in [-0.4, -0.2) is 38.1 Å². The van der Waals surface area contributed by atoms with Crippen molar-refractivity contribution in [3.8, 4) is 0 Å². The van der Waals surface area contributed by atoms with Crippen molar-refractivity contribution in [3.05, 3.63) is 0 Å². The van der Waals surface area contributed by atoms with Crippen LogP contribution in [0.4, 0.5) is 0 Å². The Kier molecular flexibility index (Phi) is 5.26. The number of aliphatic hydroxyl groups excluding tert-OH is 1. The first kappa shape index (κ1) is 13.3. The zero-order valence-electron chi connectivity index (χ0n) is 10.9. The molecule has 4 unspecified atom stereocenters. The first-order valence-electron chi connectivity index (χ1n) is 7.04. The molecular weight excluding hydrogens is 216 g/mol. The molecule has 0 aromatic heterocycles. The lowest BCUT2D eigenvalue weighted by atomic mass is 9.84. The molecular formula is C14H26O3. The fourth-order valence-electron chi connectivity index (χ4n) is 3.60. The van der Waals surface area contributed by atoms with Crippen molar-refractivity contribution in [1.29, 1.82) is 0 Å². The van der Waals surface area contributed by atoms with Gasteiger partial charge in [0.15, 0.2) is 0 Å². The lowest BCUT2D eigenvalue weighted by Crippen LogP contribution is -2.20. The summed E-state index contributed by atoms with van der Waals surface area (Å²) in [5, 5.41) is 9.98. The normalized spacial score (nSPS) is 33.2. The van der Waals surface area contributed by atoms with E-state index >= 15 is 0 Å². The Balaban J connectivity index is 1.53. The third kappa shape index (κ3) is 3.94. The molecule has 0 saturated heterocycles. The monoisotopic (exact) mass is 242 g/mol. The van der Waals surface area contributed by atoms with E-state index < -0.39 is 0 Å². The number of hydrogen-bond donors (Lipinski definition) is 1. The van der Waals surface area contributed by atoms with Gasteiger partial charge in [0.2, 0.25) is 0 Å². The molecule has 2 saturated carbocycles. The number of methoxy groups -OCH3 is 1. The number of aliphatic hydroxyl groups is 1. The molecule has 0 heterocycles. The second kappa shape index (κ2) is 6.72. The van der Waals surface area contributed by atoms with Crippen LogP contribution in [0.15, 0.2) is 0 Å². The molecule has 0 radical (unpaired) electrons. The van der Waals surface area contributed by atoms with Gasteiger partial charge in [0, 0.05) is 13.7 Å². The summed E-state index contributed by atoms with van der Waals surface area (Å²) >= 11 is 0. The topological polar surface area (TPSA) is 38.7 Å². The summed E-state index contributed by atoms with van der Waals surface area (Å²) in [5.41, 5.74) is 0. The van der Waals surface area contributed by atoms with E-state index in [1.54, 1.807) is 7.11 Å². The van der Waals surface area contributed by atoms with Crippen molar-refractivity contribution in [3.63, 3.8) is 0 Å². The first-order chi connectivity index (χ1) is 8.29. The SMILES string of the molecule is COCCOCCC(O)CC1CC2CCC1C2. The third-order valence-corrected chi connectivity index (χ3v) is 4.49. The summed E-state index contributed by atoms with van der Waals surface area (Å²) in [6, 6.07) is 0.